The Labute approximate surface area is 96.2 Å². The molecule has 16 heavy (non-hydrogen) atoms. The van der Waals surface area contributed by atoms with Gasteiger partial charge < -0.3 is 10.6 Å². The summed E-state index contributed by atoms with van der Waals surface area (Å²) < 4.78 is 0. The fourth-order valence-electron chi connectivity index (χ4n) is 1.95. The van der Waals surface area contributed by atoms with Gasteiger partial charge in [-0.2, -0.15) is 0 Å². The second kappa shape index (κ2) is 5.12. The molecule has 1 aliphatic heterocycles. The first-order valence-corrected chi connectivity index (χ1v) is 5.82. The van der Waals surface area contributed by atoms with Crippen LogP contribution in [0, 0.1) is 6.92 Å². The number of carbonyl (C=O) groups excluding carboxylic acids is 1. The first kappa shape index (κ1) is 11.1. The number of rotatable bonds is 3. The highest BCUT2D eigenvalue weighted by molar-refractivity contribution is 5.82. The molecule has 2 rings (SSSR count). The summed E-state index contributed by atoms with van der Waals surface area (Å²) in [4.78, 5) is 11.5. The molecule has 0 radical (unpaired) electrons. The van der Waals surface area contributed by atoms with E-state index in [1.807, 2.05) is 0 Å². The van der Waals surface area contributed by atoms with Gasteiger partial charge in [0.1, 0.15) is 0 Å². The molecular formula is C13H18N2O. The SMILES string of the molecule is Cc1ccc(CCC2NCCNC2=O)cc1. The highest BCUT2D eigenvalue weighted by Gasteiger charge is 2.20. The lowest BCUT2D eigenvalue weighted by Gasteiger charge is -2.23. The number of piperazine rings is 1. The van der Waals surface area contributed by atoms with Gasteiger partial charge in [-0.15, -0.1) is 0 Å². The van der Waals surface area contributed by atoms with Crippen LogP contribution in [-0.4, -0.2) is 25.0 Å². The van der Waals surface area contributed by atoms with Crippen LogP contribution in [0.1, 0.15) is 17.5 Å². The Balaban J connectivity index is 1.86. The highest BCUT2D eigenvalue weighted by Crippen LogP contribution is 2.08. The fraction of sp³-hybridized carbons (Fsp3) is 0.462. The Morgan fingerprint density at radius 1 is 1.25 bits per heavy atom. The third kappa shape index (κ3) is 2.83. The molecule has 1 unspecified atom stereocenters. The average molecular weight is 218 g/mol. The molecule has 1 amide bonds. The van der Waals surface area contributed by atoms with Crippen LogP contribution in [0.3, 0.4) is 0 Å². The largest absolute Gasteiger partial charge is 0.353 e. The number of hydrogen-bond donors (Lipinski definition) is 2. The number of hydrogen-bond acceptors (Lipinski definition) is 2. The van der Waals surface area contributed by atoms with Gasteiger partial charge in [-0.05, 0) is 25.3 Å². The molecule has 1 heterocycles. The van der Waals surface area contributed by atoms with Gasteiger partial charge in [0.25, 0.3) is 0 Å². The molecule has 0 saturated carbocycles. The smallest absolute Gasteiger partial charge is 0.237 e. The zero-order chi connectivity index (χ0) is 11.4. The van der Waals surface area contributed by atoms with E-state index in [-0.39, 0.29) is 11.9 Å². The van der Waals surface area contributed by atoms with E-state index >= 15 is 0 Å². The molecule has 2 N–H and O–H groups in total. The zero-order valence-corrected chi connectivity index (χ0v) is 9.62. The van der Waals surface area contributed by atoms with Gasteiger partial charge in [0.05, 0.1) is 6.04 Å². The minimum atomic E-state index is -0.0185. The van der Waals surface area contributed by atoms with Crippen LogP contribution in [0.25, 0.3) is 0 Å². The average Bonchev–Trinajstić information content (AvgIpc) is 2.30. The van der Waals surface area contributed by atoms with Crippen LogP contribution >= 0.6 is 0 Å². The van der Waals surface area contributed by atoms with E-state index in [2.05, 4.69) is 41.8 Å². The maximum atomic E-state index is 11.5. The van der Waals surface area contributed by atoms with Crippen LogP contribution in [-0.2, 0) is 11.2 Å². The van der Waals surface area contributed by atoms with Crippen molar-refractivity contribution in [3.05, 3.63) is 35.4 Å². The first-order valence-electron chi connectivity index (χ1n) is 5.82. The number of carbonyl (C=O) groups is 1. The third-order valence-electron chi connectivity index (χ3n) is 2.97. The number of amides is 1. The van der Waals surface area contributed by atoms with Crippen LogP contribution < -0.4 is 10.6 Å². The van der Waals surface area contributed by atoms with Crippen molar-refractivity contribution in [2.75, 3.05) is 13.1 Å². The van der Waals surface area contributed by atoms with Crippen molar-refractivity contribution in [3.63, 3.8) is 0 Å². The fourth-order valence-corrected chi connectivity index (χ4v) is 1.95. The number of benzene rings is 1. The standard InChI is InChI=1S/C13H18N2O/c1-10-2-4-11(5-3-10)6-7-12-13(16)15-9-8-14-12/h2-5,12,14H,6-9H2,1H3,(H,15,16). The summed E-state index contributed by atoms with van der Waals surface area (Å²) in [6.07, 6.45) is 1.82. The van der Waals surface area contributed by atoms with Crippen molar-refractivity contribution in [3.8, 4) is 0 Å². The van der Waals surface area contributed by atoms with E-state index in [9.17, 15) is 4.79 Å². The molecule has 86 valence electrons. The molecule has 1 fully saturated rings. The number of nitrogens with one attached hydrogen (secondary N) is 2. The molecule has 3 nitrogen and oxygen atoms in total. The molecule has 0 bridgehead atoms. The molecule has 1 atom stereocenters. The van der Waals surface area contributed by atoms with Gasteiger partial charge in [0, 0.05) is 13.1 Å². The molecule has 1 aromatic carbocycles. The third-order valence-corrected chi connectivity index (χ3v) is 2.97. The summed E-state index contributed by atoms with van der Waals surface area (Å²) in [5.74, 6) is 0.137. The molecule has 0 aromatic heterocycles. The summed E-state index contributed by atoms with van der Waals surface area (Å²) in [6, 6.07) is 8.48. The van der Waals surface area contributed by atoms with Crippen molar-refractivity contribution < 1.29 is 4.79 Å². The highest BCUT2D eigenvalue weighted by atomic mass is 16.2. The summed E-state index contributed by atoms with van der Waals surface area (Å²) in [5, 5.41) is 6.11. The first-order chi connectivity index (χ1) is 7.75. The molecule has 1 aliphatic rings. The Hall–Kier alpha value is -1.35. The van der Waals surface area contributed by atoms with E-state index < -0.39 is 0 Å². The summed E-state index contributed by atoms with van der Waals surface area (Å²) in [7, 11) is 0. The van der Waals surface area contributed by atoms with Gasteiger partial charge in [0.15, 0.2) is 0 Å². The molecule has 0 aliphatic carbocycles. The summed E-state index contributed by atoms with van der Waals surface area (Å²) in [5.41, 5.74) is 2.57. The van der Waals surface area contributed by atoms with Gasteiger partial charge in [-0.3, -0.25) is 4.79 Å². The zero-order valence-electron chi connectivity index (χ0n) is 9.62. The lowest BCUT2D eigenvalue weighted by molar-refractivity contribution is -0.124. The van der Waals surface area contributed by atoms with Crippen molar-refractivity contribution in [2.24, 2.45) is 0 Å². The normalized spacial score (nSPS) is 20.6. The van der Waals surface area contributed by atoms with E-state index in [4.69, 9.17) is 0 Å². The quantitative estimate of drug-likeness (QED) is 0.795. The lowest BCUT2D eigenvalue weighted by atomic mass is 10.0. The van der Waals surface area contributed by atoms with Gasteiger partial charge in [-0.1, -0.05) is 29.8 Å². The monoisotopic (exact) mass is 218 g/mol. The Morgan fingerprint density at radius 2 is 2.00 bits per heavy atom. The second-order valence-corrected chi connectivity index (χ2v) is 4.32. The predicted molar refractivity (Wildman–Crippen MR) is 64.3 cm³/mol. The maximum absolute atomic E-state index is 11.5. The maximum Gasteiger partial charge on any atom is 0.237 e. The minimum Gasteiger partial charge on any atom is -0.353 e. The van der Waals surface area contributed by atoms with Gasteiger partial charge in [-0.25, -0.2) is 0 Å². The molecule has 1 aromatic rings. The predicted octanol–water partition coefficient (Wildman–Crippen LogP) is 1.02. The minimum absolute atomic E-state index is 0.0185. The topological polar surface area (TPSA) is 41.1 Å². The van der Waals surface area contributed by atoms with E-state index in [0.29, 0.717) is 0 Å². The van der Waals surface area contributed by atoms with Crippen LogP contribution in [0.15, 0.2) is 24.3 Å². The molecule has 3 heteroatoms. The van der Waals surface area contributed by atoms with Crippen molar-refractivity contribution in [1.29, 1.82) is 0 Å². The number of aryl methyl sites for hydroxylation is 2. The molecule has 0 spiro atoms. The van der Waals surface area contributed by atoms with E-state index in [0.717, 1.165) is 25.9 Å². The summed E-state index contributed by atoms with van der Waals surface area (Å²) >= 11 is 0. The molecule has 1 saturated heterocycles. The summed E-state index contributed by atoms with van der Waals surface area (Å²) in [6.45, 7) is 3.71. The van der Waals surface area contributed by atoms with Gasteiger partial charge >= 0.3 is 0 Å². The van der Waals surface area contributed by atoms with E-state index in [1.165, 1.54) is 11.1 Å². The van der Waals surface area contributed by atoms with Crippen LogP contribution in [0.2, 0.25) is 0 Å². The Morgan fingerprint density at radius 3 is 2.69 bits per heavy atom. The lowest BCUT2D eigenvalue weighted by Crippen LogP contribution is -2.52. The Bertz CT molecular complexity index is 359. The van der Waals surface area contributed by atoms with Crippen LogP contribution in [0.5, 0.6) is 0 Å². The van der Waals surface area contributed by atoms with Gasteiger partial charge in [0.2, 0.25) is 5.91 Å². The van der Waals surface area contributed by atoms with Crippen molar-refractivity contribution >= 4 is 5.91 Å². The van der Waals surface area contributed by atoms with Crippen molar-refractivity contribution in [2.45, 2.75) is 25.8 Å². The van der Waals surface area contributed by atoms with Crippen molar-refractivity contribution in [1.82, 2.24) is 10.6 Å². The molecular weight excluding hydrogens is 200 g/mol. The van der Waals surface area contributed by atoms with Crippen LogP contribution in [0.4, 0.5) is 0 Å². The second-order valence-electron chi connectivity index (χ2n) is 4.32. The Kier molecular flexibility index (Phi) is 3.57. The van der Waals surface area contributed by atoms with E-state index in [1.54, 1.807) is 0 Å².